The molecule has 3 aromatic rings. The molecule has 0 fully saturated rings. The molecule has 0 aliphatic rings. The van der Waals surface area contributed by atoms with Crippen LogP contribution in [0.3, 0.4) is 0 Å². The van der Waals surface area contributed by atoms with Gasteiger partial charge in [-0.3, -0.25) is 4.79 Å². The third-order valence-electron chi connectivity index (χ3n) is 3.98. The number of nitrogens with zero attached hydrogens (tertiary/aromatic N) is 2. The van der Waals surface area contributed by atoms with Gasteiger partial charge in [0.05, 0.1) is 16.6 Å². The van der Waals surface area contributed by atoms with Gasteiger partial charge in [0, 0.05) is 18.2 Å². The molecular formula is C18H17N3O3. The monoisotopic (exact) mass is 323 g/mol. The molecule has 0 aliphatic carbocycles. The largest absolute Gasteiger partial charge is 0.457 e. The highest BCUT2D eigenvalue weighted by atomic mass is 16.5. The lowest BCUT2D eigenvalue weighted by atomic mass is 10.1. The minimum atomic E-state index is -0.549. The molecule has 0 bridgehead atoms. The fraction of sp³-hybridized carbons (Fsp3) is 0.167. The van der Waals surface area contributed by atoms with E-state index in [0.29, 0.717) is 16.7 Å². The van der Waals surface area contributed by atoms with Crippen molar-refractivity contribution < 1.29 is 14.3 Å². The molecule has 0 spiro atoms. The fourth-order valence-electron chi connectivity index (χ4n) is 2.56. The van der Waals surface area contributed by atoms with Gasteiger partial charge in [-0.2, -0.15) is 0 Å². The summed E-state index contributed by atoms with van der Waals surface area (Å²) in [6, 6.07) is 12.0. The second-order valence-corrected chi connectivity index (χ2v) is 5.52. The molecule has 1 amide bonds. The number of carbonyl (C=O) groups excluding carboxylic acids is 2. The molecule has 0 unspecified atom stereocenters. The number of hydrogen-bond donors (Lipinski definition) is 1. The number of benzene rings is 2. The Morgan fingerprint density at radius 2 is 1.96 bits per heavy atom. The van der Waals surface area contributed by atoms with Crippen LogP contribution in [0.2, 0.25) is 0 Å². The molecule has 1 aromatic heterocycles. The summed E-state index contributed by atoms with van der Waals surface area (Å²) in [6.07, 6.45) is 0. The predicted octanol–water partition coefficient (Wildman–Crippen LogP) is 2.34. The summed E-state index contributed by atoms with van der Waals surface area (Å²) >= 11 is 0. The van der Waals surface area contributed by atoms with E-state index in [1.165, 1.54) is 0 Å². The Morgan fingerprint density at radius 1 is 1.21 bits per heavy atom. The van der Waals surface area contributed by atoms with Crippen LogP contribution in [0.4, 0.5) is 0 Å². The van der Waals surface area contributed by atoms with E-state index in [1.54, 1.807) is 36.4 Å². The van der Waals surface area contributed by atoms with Gasteiger partial charge in [0.2, 0.25) is 5.91 Å². The molecule has 2 aromatic carbocycles. The highest BCUT2D eigenvalue weighted by molar-refractivity contribution is 5.95. The lowest BCUT2D eigenvalue weighted by Gasteiger charge is -2.08. The van der Waals surface area contributed by atoms with Crippen LogP contribution in [0, 0.1) is 6.92 Å². The van der Waals surface area contributed by atoms with Crippen LogP contribution in [-0.4, -0.2) is 21.4 Å². The van der Waals surface area contributed by atoms with E-state index < -0.39 is 11.9 Å². The number of nitrogens with two attached hydrogens (primary N) is 1. The van der Waals surface area contributed by atoms with Crippen molar-refractivity contribution >= 4 is 22.9 Å². The highest BCUT2D eigenvalue weighted by Crippen LogP contribution is 2.18. The first kappa shape index (κ1) is 15.7. The Morgan fingerprint density at radius 3 is 2.71 bits per heavy atom. The number of esters is 1. The molecule has 0 saturated carbocycles. The van der Waals surface area contributed by atoms with Gasteiger partial charge in [0.1, 0.15) is 12.4 Å². The number of primary amides is 1. The first-order valence-electron chi connectivity index (χ1n) is 7.45. The number of imidazole rings is 1. The normalized spacial score (nSPS) is 10.8. The third-order valence-corrected chi connectivity index (χ3v) is 3.98. The number of carbonyl (C=O) groups is 2. The Hall–Kier alpha value is -3.15. The van der Waals surface area contributed by atoms with Crippen molar-refractivity contribution in [3.8, 4) is 0 Å². The summed E-state index contributed by atoms with van der Waals surface area (Å²) in [6.45, 7) is 1.88. The van der Waals surface area contributed by atoms with Crippen molar-refractivity contribution in [1.82, 2.24) is 9.55 Å². The van der Waals surface area contributed by atoms with Gasteiger partial charge in [0.15, 0.2) is 0 Å². The molecule has 0 aliphatic heterocycles. The maximum absolute atomic E-state index is 12.3. The maximum Gasteiger partial charge on any atom is 0.338 e. The topological polar surface area (TPSA) is 87.2 Å². The van der Waals surface area contributed by atoms with Crippen molar-refractivity contribution in [2.24, 2.45) is 12.8 Å². The first-order valence-corrected chi connectivity index (χ1v) is 7.45. The standard InChI is InChI=1S/C18H17N3O3/c1-11-20-15-9-12(7-8-16(15)21(11)2)18(23)24-10-13-5-3-4-6-14(13)17(19)22/h3-9H,10H2,1-2H3,(H2,19,22). The number of amides is 1. The average molecular weight is 323 g/mol. The van der Waals surface area contributed by atoms with Crippen LogP contribution in [0.1, 0.15) is 32.1 Å². The maximum atomic E-state index is 12.3. The minimum absolute atomic E-state index is 0.0166. The summed E-state index contributed by atoms with van der Waals surface area (Å²) in [7, 11) is 1.92. The van der Waals surface area contributed by atoms with E-state index in [4.69, 9.17) is 10.5 Å². The van der Waals surface area contributed by atoms with Crippen molar-refractivity contribution in [1.29, 1.82) is 0 Å². The quantitative estimate of drug-likeness (QED) is 0.747. The molecule has 6 nitrogen and oxygen atoms in total. The van der Waals surface area contributed by atoms with Crippen molar-refractivity contribution in [3.63, 3.8) is 0 Å². The molecule has 2 N–H and O–H groups in total. The Bertz CT molecular complexity index is 944. The average Bonchev–Trinajstić information content (AvgIpc) is 2.86. The van der Waals surface area contributed by atoms with Crippen LogP contribution in [0.5, 0.6) is 0 Å². The Kier molecular flexibility index (Phi) is 4.04. The number of fused-ring (bicyclic) bond motifs is 1. The van der Waals surface area contributed by atoms with Gasteiger partial charge in [0.25, 0.3) is 0 Å². The first-order chi connectivity index (χ1) is 11.5. The van der Waals surface area contributed by atoms with Gasteiger partial charge in [-0.05, 0) is 31.2 Å². The van der Waals surface area contributed by atoms with Gasteiger partial charge in [-0.1, -0.05) is 18.2 Å². The molecule has 0 radical (unpaired) electrons. The van der Waals surface area contributed by atoms with E-state index in [9.17, 15) is 9.59 Å². The van der Waals surface area contributed by atoms with Gasteiger partial charge >= 0.3 is 5.97 Å². The smallest absolute Gasteiger partial charge is 0.338 e. The molecule has 0 saturated heterocycles. The second-order valence-electron chi connectivity index (χ2n) is 5.52. The summed E-state index contributed by atoms with van der Waals surface area (Å²) < 4.78 is 7.26. The van der Waals surface area contributed by atoms with Crippen LogP contribution in [0.25, 0.3) is 11.0 Å². The van der Waals surface area contributed by atoms with E-state index in [1.807, 2.05) is 24.6 Å². The van der Waals surface area contributed by atoms with Crippen LogP contribution >= 0.6 is 0 Å². The number of rotatable bonds is 4. The number of ether oxygens (including phenoxy) is 1. The molecule has 24 heavy (non-hydrogen) atoms. The number of aryl methyl sites for hydroxylation is 2. The summed E-state index contributed by atoms with van der Waals surface area (Å²) in [5, 5.41) is 0. The van der Waals surface area contributed by atoms with E-state index in [-0.39, 0.29) is 6.61 Å². The zero-order valence-electron chi connectivity index (χ0n) is 13.4. The van der Waals surface area contributed by atoms with E-state index in [0.717, 1.165) is 16.9 Å². The molecule has 122 valence electrons. The van der Waals surface area contributed by atoms with E-state index >= 15 is 0 Å². The summed E-state index contributed by atoms with van der Waals surface area (Å²) in [5.41, 5.74) is 8.35. The Balaban J connectivity index is 1.79. The Labute approximate surface area is 138 Å². The van der Waals surface area contributed by atoms with Crippen LogP contribution in [0.15, 0.2) is 42.5 Å². The van der Waals surface area contributed by atoms with Gasteiger partial charge in [-0.25, -0.2) is 9.78 Å². The fourth-order valence-corrected chi connectivity index (χ4v) is 2.56. The minimum Gasteiger partial charge on any atom is -0.457 e. The summed E-state index contributed by atoms with van der Waals surface area (Å²) in [5.74, 6) is -0.155. The van der Waals surface area contributed by atoms with Crippen molar-refractivity contribution in [3.05, 3.63) is 65.0 Å². The predicted molar refractivity (Wildman–Crippen MR) is 89.5 cm³/mol. The number of hydrogen-bond acceptors (Lipinski definition) is 4. The van der Waals surface area contributed by atoms with Crippen LogP contribution in [-0.2, 0) is 18.4 Å². The molecule has 1 heterocycles. The van der Waals surface area contributed by atoms with Gasteiger partial charge in [-0.15, -0.1) is 0 Å². The number of aromatic nitrogens is 2. The van der Waals surface area contributed by atoms with Crippen molar-refractivity contribution in [2.75, 3.05) is 0 Å². The highest BCUT2D eigenvalue weighted by Gasteiger charge is 2.13. The van der Waals surface area contributed by atoms with Crippen LogP contribution < -0.4 is 5.73 Å². The SMILES string of the molecule is Cc1nc2cc(C(=O)OCc3ccccc3C(N)=O)ccc2n1C. The lowest BCUT2D eigenvalue weighted by Crippen LogP contribution is -2.15. The third kappa shape index (κ3) is 2.86. The molecule has 3 rings (SSSR count). The zero-order valence-corrected chi connectivity index (χ0v) is 13.4. The molecule has 6 heteroatoms. The zero-order chi connectivity index (χ0) is 17.3. The molecular weight excluding hydrogens is 306 g/mol. The molecule has 0 atom stereocenters. The lowest BCUT2D eigenvalue weighted by molar-refractivity contribution is 0.0470. The summed E-state index contributed by atoms with van der Waals surface area (Å²) in [4.78, 5) is 28.1. The van der Waals surface area contributed by atoms with Crippen molar-refractivity contribution in [2.45, 2.75) is 13.5 Å². The van der Waals surface area contributed by atoms with E-state index in [2.05, 4.69) is 4.98 Å². The van der Waals surface area contributed by atoms with Gasteiger partial charge < -0.3 is 15.0 Å². The second kappa shape index (κ2) is 6.16.